The maximum Gasteiger partial charge on any atom is 0.319 e. The summed E-state index contributed by atoms with van der Waals surface area (Å²) in [4.78, 5) is 59.5. The fourth-order valence-corrected chi connectivity index (χ4v) is 5.05. The summed E-state index contributed by atoms with van der Waals surface area (Å²) in [6.45, 7) is 2.40. The second-order valence-electron chi connectivity index (χ2n) is 10.4. The second kappa shape index (κ2) is 13.3. The topological polar surface area (TPSA) is 172 Å². The molecule has 0 aliphatic carbocycles. The molecule has 0 bridgehead atoms. The lowest BCUT2D eigenvalue weighted by Gasteiger charge is -2.36. The molecule has 0 saturated carbocycles. The second-order valence-corrected chi connectivity index (χ2v) is 10.4. The van der Waals surface area contributed by atoms with Crippen molar-refractivity contribution in [2.24, 2.45) is 11.5 Å². The Bertz CT molecular complexity index is 1400. The SMILES string of the molecule is CC1CCCN1C(=O)NC([C@H](O)CCc1ccccc1)N(C(=O)c1ccc2ccccc2n1)C(=O)[C@@H](N)CC(N)=O. The molecular weight excluding hydrogens is 524 g/mol. The minimum atomic E-state index is -1.49. The number of aromatic nitrogens is 1. The van der Waals surface area contributed by atoms with Gasteiger partial charge in [0, 0.05) is 18.0 Å². The highest BCUT2D eigenvalue weighted by Crippen LogP contribution is 2.20. The Labute approximate surface area is 238 Å². The van der Waals surface area contributed by atoms with Gasteiger partial charge in [-0.25, -0.2) is 9.78 Å². The van der Waals surface area contributed by atoms with Crippen LogP contribution in [0.15, 0.2) is 66.7 Å². The van der Waals surface area contributed by atoms with Crippen LogP contribution in [0.1, 0.15) is 48.7 Å². The largest absolute Gasteiger partial charge is 0.389 e. The number of fused-ring (bicyclic) bond motifs is 1. The smallest absolute Gasteiger partial charge is 0.319 e. The van der Waals surface area contributed by atoms with Crippen molar-refractivity contribution in [3.63, 3.8) is 0 Å². The van der Waals surface area contributed by atoms with E-state index in [0.29, 0.717) is 18.5 Å². The number of imide groups is 1. The van der Waals surface area contributed by atoms with E-state index in [2.05, 4.69) is 10.3 Å². The molecule has 4 atom stereocenters. The number of nitrogens with zero attached hydrogens (tertiary/aromatic N) is 3. The van der Waals surface area contributed by atoms with Crippen molar-refractivity contribution in [3.8, 4) is 0 Å². The van der Waals surface area contributed by atoms with Gasteiger partial charge >= 0.3 is 6.03 Å². The minimum absolute atomic E-state index is 0.0590. The first-order valence-corrected chi connectivity index (χ1v) is 13.7. The van der Waals surface area contributed by atoms with Gasteiger partial charge in [-0.3, -0.25) is 19.3 Å². The number of rotatable bonds is 10. The standard InChI is InChI=1S/C30H36N6O5/c1-19-8-7-17-35(19)30(41)34-27(25(37)16-13-20-9-3-2-4-10-20)36(28(39)22(31)18-26(32)38)29(40)24-15-14-21-11-5-6-12-23(21)33-24/h2-6,9-12,14-15,19,22,25,27,37H,7-8,13,16-18,31H2,1H3,(H2,32,38)(H,34,41)/t19?,22-,25+,27?/m0/s1. The van der Waals surface area contributed by atoms with Crippen LogP contribution in [0, 0.1) is 0 Å². The molecular formula is C30H36N6O5. The van der Waals surface area contributed by atoms with Gasteiger partial charge in [0.2, 0.25) is 11.8 Å². The van der Waals surface area contributed by atoms with Crippen LogP contribution in [0.4, 0.5) is 4.79 Å². The van der Waals surface area contributed by atoms with Crippen LogP contribution < -0.4 is 16.8 Å². The molecule has 1 saturated heterocycles. The van der Waals surface area contributed by atoms with Gasteiger partial charge in [0.15, 0.2) is 0 Å². The molecule has 0 radical (unpaired) electrons. The summed E-state index contributed by atoms with van der Waals surface area (Å²) in [6.07, 6.45) is -1.26. The Hall–Kier alpha value is -4.35. The Kier molecular flexibility index (Phi) is 9.64. The van der Waals surface area contributed by atoms with Crippen molar-refractivity contribution in [2.45, 2.75) is 63.4 Å². The highest BCUT2D eigenvalue weighted by molar-refractivity contribution is 6.07. The number of nitrogens with one attached hydrogen (secondary N) is 1. The van der Waals surface area contributed by atoms with Gasteiger partial charge in [-0.2, -0.15) is 0 Å². The lowest BCUT2D eigenvalue weighted by Crippen LogP contribution is -2.63. The van der Waals surface area contributed by atoms with Gasteiger partial charge in [0.1, 0.15) is 11.9 Å². The number of benzene rings is 2. The van der Waals surface area contributed by atoms with Gasteiger partial charge in [-0.15, -0.1) is 0 Å². The molecule has 0 spiro atoms. The van der Waals surface area contributed by atoms with E-state index in [4.69, 9.17) is 11.5 Å². The summed E-state index contributed by atoms with van der Waals surface area (Å²) >= 11 is 0. The van der Waals surface area contributed by atoms with Crippen molar-refractivity contribution >= 4 is 34.7 Å². The Morgan fingerprint density at radius 3 is 2.46 bits per heavy atom. The first-order valence-electron chi connectivity index (χ1n) is 13.7. The zero-order valence-electron chi connectivity index (χ0n) is 23.0. The number of nitrogens with two attached hydrogens (primary N) is 2. The normalized spacial score (nSPS) is 17.0. The third-order valence-corrected chi connectivity index (χ3v) is 7.31. The summed E-state index contributed by atoms with van der Waals surface area (Å²) in [5.74, 6) is -2.68. The summed E-state index contributed by atoms with van der Waals surface area (Å²) < 4.78 is 0. The summed E-state index contributed by atoms with van der Waals surface area (Å²) in [7, 11) is 0. The zero-order chi connectivity index (χ0) is 29.5. The number of aliphatic hydroxyl groups is 1. The van der Waals surface area contributed by atoms with E-state index >= 15 is 0 Å². The fraction of sp³-hybridized carbons (Fsp3) is 0.367. The molecule has 1 fully saturated rings. The predicted molar refractivity (Wildman–Crippen MR) is 153 cm³/mol. The van der Waals surface area contributed by atoms with Crippen LogP contribution in [0.3, 0.4) is 0 Å². The van der Waals surface area contributed by atoms with Crippen LogP contribution in [0.2, 0.25) is 0 Å². The number of carbonyl (C=O) groups is 4. The van der Waals surface area contributed by atoms with Crippen LogP contribution in [0.5, 0.6) is 0 Å². The molecule has 11 heteroatoms. The Morgan fingerprint density at radius 1 is 1.07 bits per heavy atom. The number of hydrogen-bond acceptors (Lipinski definition) is 7. The van der Waals surface area contributed by atoms with E-state index in [1.807, 2.05) is 49.4 Å². The Morgan fingerprint density at radius 2 is 1.78 bits per heavy atom. The van der Waals surface area contributed by atoms with Crippen LogP contribution in [-0.4, -0.2) is 74.5 Å². The van der Waals surface area contributed by atoms with E-state index in [1.165, 1.54) is 6.07 Å². The number of para-hydroxylation sites is 1. The lowest BCUT2D eigenvalue weighted by atomic mass is 10.0. The van der Waals surface area contributed by atoms with E-state index in [-0.39, 0.29) is 18.2 Å². The number of primary amides is 1. The number of urea groups is 1. The summed E-state index contributed by atoms with van der Waals surface area (Å²) in [5.41, 5.74) is 12.7. The van der Waals surface area contributed by atoms with Crippen LogP contribution in [-0.2, 0) is 16.0 Å². The maximum atomic E-state index is 14.0. The summed E-state index contributed by atoms with van der Waals surface area (Å²) in [6, 6.07) is 17.6. The quantitative estimate of drug-likeness (QED) is 0.274. The number of hydrogen-bond donors (Lipinski definition) is 4. The highest BCUT2D eigenvalue weighted by atomic mass is 16.3. The lowest BCUT2D eigenvalue weighted by molar-refractivity contribution is -0.136. The highest BCUT2D eigenvalue weighted by Gasteiger charge is 2.40. The van der Waals surface area contributed by atoms with Gasteiger partial charge < -0.3 is 26.8 Å². The predicted octanol–water partition coefficient (Wildman–Crippen LogP) is 1.92. The van der Waals surface area contributed by atoms with Crippen molar-refractivity contribution in [1.29, 1.82) is 0 Å². The third-order valence-electron chi connectivity index (χ3n) is 7.31. The molecule has 2 heterocycles. The van der Waals surface area contributed by atoms with Gasteiger partial charge in [-0.1, -0.05) is 54.6 Å². The van der Waals surface area contributed by atoms with Crippen LogP contribution >= 0.6 is 0 Å². The molecule has 4 rings (SSSR count). The molecule has 1 aromatic heterocycles. The molecule has 2 aromatic carbocycles. The molecule has 6 N–H and O–H groups in total. The number of likely N-dealkylation sites (tertiary alicyclic amines) is 1. The number of aryl methyl sites for hydroxylation is 1. The first kappa shape index (κ1) is 29.6. The first-order chi connectivity index (χ1) is 19.7. The number of carbonyl (C=O) groups excluding carboxylic acids is 4. The van der Waals surface area contributed by atoms with E-state index in [9.17, 15) is 24.3 Å². The third kappa shape index (κ3) is 7.24. The van der Waals surface area contributed by atoms with Gasteiger partial charge in [-0.05, 0) is 50.3 Å². The fourth-order valence-electron chi connectivity index (χ4n) is 5.05. The van der Waals surface area contributed by atoms with Gasteiger partial charge in [0.25, 0.3) is 5.91 Å². The Balaban J connectivity index is 1.72. The molecule has 216 valence electrons. The molecule has 11 nitrogen and oxygen atoms in total. The average Bonchev–Trinajstić information content (AvgIpc) is 3.41. The monoisotopic (exact) mass is 560 g/mol. The molecule has 41 heavy (non-hydrogen) atoms. The van der Waals surface area contributed by atoms with Gasteiger partial charge in [0.05, 0.1) is 24.1 Å². The van der Waals surface area contributed by atoms with Crippen molar-refractivity contribution in [3.05, 3.63) is 78.0 Å². The van der Waals surface area contributed by atoms with Crippen molar-refractivity contribution < 1.29 is 24.3 Å². The van der Waals surface area contributed by atoms with Crippen molar-refractivity contribution in [1.82, 2.24) is 20.1 Å². The van der Waals surface area contributed by atoms with Crippen LogP contribution in [0.25, 0.3) is 10.9 Å². The molecule has 2 unspecified atom stereocenters. The number of amides is 5. The molecule has 1 aliphatic rings. The molecule has 5 amide bonds. The number of aliphatic hydroxyl groups excluding tert-OH is 1. The van der Waals surface area contributed by atoms with Crippen molar-refractivity contribution in [2.75, 3.05) is 6.54 Å². The van der Waals surface area contributed by atoms with E-state index < -0.39 is 48.5 Å². The maximum absolute atomic E-state index is 14.0. The zero-order valence-corrected chi connectivity index (χ0v) is 23.0. The summed E-state index contributed by atoms with van der Waals surface area (Å²) in [5, 5.41) is 15.0. The van der Waals surface area contributed by atoms with E-state index in [1.54, 1.807) is 23.1 Å². The average molecular weight is 561 g/mol. The molecule has 1 aliphatic heterocycles. The number of pyridine rings is 1. The minimum Gasteiger partial charge on any atom is -0.389 e. The molecule has 3 aromatic rings. The van der Waals surface area contributed by atoms with E-state index in [0.717, 1.165) is 28.7 Å².